The zero-order chi connectivity index (χ0) is 12.1. The molecular formula is C15H22FN. The van der Waals surface area contributed by atoms with Crippen LogP contribution in [0.2, 0.25) is 0 Å². The van der Waals surface area contributed by atoms with Crippen LogP contribution < -0.4 is 5.32 Å². The first-order chi connectivity index (χ1) is 8.29. The van der Waals surface area contributed by atoms with Crippen LogP contribution >= 0.6 is 0 Å². The molecule has 1 aliphatic rings. The molecule has 0 aromatic heterocycles. The molecular weight excluding hydrogens is 213 g/mol. The molecule has 1 aliphatic carbocycles. The third kappa shape index (κ3) is 3.53. The zero-order valence-corrected chi connectivity index (χ0v) is 10.6. The summed E-state index contributed by atoms with van der Waals surface area (Å²) in [5.74, 6) is 0.563. The van der Waals surface area contributed by atoms with Crippen molar-refractivity contribution in [2.75, 3.05) is 7.05 Å². The van der Waals surface area contributed by atoms with Crippen molar-refractivity contribution < 1.29 is 4.39 Å². The maximum atomic E-state index is 12.9. The topological polar surface area (TPSA) is 12.0 Å². The summed E-state index contributed by atoms with van der Waals surface area (Å²) in [6.07, 6.45) is 7.69. The van der Waals surface area contributed by atoms with Gasteiger partial charge < -0.3 is 5.32 Å². The van der Waals surface area contributed by atoms with Crippen LogP contribution in [0.1, 0.15) is 37.7 Å². The summed E-state index contributed by atoms with van der Waals surface area (Å²) in [4.78, 5) is 0. The Balaban J connectivity index is 2.01. The fourth-order valence-electron chi connectivity index (χ4n) is 2.93. The second-order valence-corrected chi connectivity index (χ2v) is 5.12. The molecule has 1 N–H and O–H groups in total. The quantitative estimate of drug-likeness (QED) is 0.790. The Labute approximate surface area is 103 Å². The van der Waals surface area contributed by atoms with Crippen molar-refractivity contribution in [3.05, 3.63) is 35.6 Å². The second-order valence-electron chi connectivity index (χ2n) is 5.12. The van der Waals surface area contributed by atoms with Crippen molar-refractivity contribution in [3.8, 4) is 0 Å². The van der Waals surface area contributed by atoms with E-state index in [4.69, 9.17) is 0 Å². The predicted octanol–water partition coefficient (Wildman–Crippen LogP) is 3.54. The van der Waals surface area contributed by atoms with E-state index in [-0.39, 0.29) is 5.82 Å². The van der Waals surface area contributed by atoms with E-state index in [0.717, 1.165) is 6.42 Å². The molecule has 1 fully saturated rings. The normalized spacial score (nSPS) is 25.5. The van der Waals surface area contributed by atoms with Crippen molar-refractivity contribution >= 4 is 0 Å². The van der Waals surface area contributed by atoms with Crippen LogP contribution in [0.15, 0.2) is 24.3 Å². The van der Waals surface area contributed by atoms with Crippen LogP contribution in [0.5, 0.6) is 0 Å². The molecule has 2 atom stereocenters. The van der Waals surface area contributed by atoms with Crippen LogP contribution in [0.4, 0.5) is 4.39 Å². The first kappa shape index (κ1) is 12.6. The summed E-state index contributed by atoms with van der Waals surface area (Å²) in [6.45, 7) is 0. The molecule has 0 amide bonds. The van der Waals surface area contributed by atoms with Gasteiger partial charge in [0, 0.05) is 6.04 Å². The Bertz CT molecular complexity index is 333. The summed E-state index contributed by atoms with van der Waals surface area (Å²) >= 11 is 0. The summed E-state index contributed by atoms with van der Waals surface area (Å²) < 4.78 is 12.9. The first-order valence-electron chi connectivity index (χ1n) is 6.71. The molecule has 1 saturated carbocycles. The standard InChI is InChI=1S/C15H22FN/c1-17-15-6-4-2-3-5-13(15)11-12-7-9-14(16)10-8-12/h7-10,13,15,17H,2-6,11H2,1H3. The number of nitrogens with one attached hydrogen (secondary N) is 1. The predicted molar refractivity (Wildman–Crippen MR) is 69.5 cm³/mol. The Morgan fingerprint density at radius 1 is 1.12 bits per heavy atom. The number of rotatable bonds is 3. The van der Waals surface area contributed by atoms with Gasteiger partial charge in [-0.15, -0.1) is 0 Å². The van der Waals surface area contributed by atoms with Crippen molar-refractivity contribution in [1.29, 1.82) is 0 Å². The summed E-state index contributed by atoms with van der Waals surface area (Å²) in [7, 11) is 2.06. The summed E-state index contributed by atoms with van der Waals surface area (Å²) in [6, 6.07) is 7.61. The van der Waals surface area contributed by atoms with Crippen LogP contribution in [-0.2, 0) is 6.42 Å². The minimum atomic E-state index is -0.139. The Hall–Kier alpha value is -0.890. The van der Waals surface area contributed by atoms with E-state index in [1.165, 1.54) is 37.7 Å². The number of halogens is 1. The molecule has 0 aliphatic heterocycles. The molecule has 0 bridgehead atoms. The van der Waals surface area contributed by atoms with E-state index in [2.05, 4.69) is 12.4 Å². The highest BCUT2D eigenvalue weighted by molar-refractivity contribution is 5.17. The van der Waals surface area contributed by atoms with Crippen LogP contribution in [0.25, 0.3) is 0 Å². The van der Waals surface area contributed by atoms with Gasteiger partial charge in [-0.25, -0.2) is 4.39 Å². The lowest BCUT2D eigenvalue weighted by atomic mass is 9.88. The van der Waals surface area contributed by atoms with Gasteiger partial charge in [-0.3, -0.25) is 0 Å². The second kappa shape index (κ2) is 6.15. The summed E-state index contributed by atoms with van der Waals surface area (Å²) in [5, 5.41) is 3.45. The third-order valence-electron chi connectivity index (χ3n) is 3.94. The van der Waals surface area contributed by atoms with Crippen LogP contribution in [0.3, 0.4) is 0 Å². The average Bonchev–Trinajstić information content (AvgIpc) is 2.57. The van der Waals surface area contributed by atoms with Gasteiger partial charge in [-0.1, -0.05) is 31.4 Å². The molecule has 0 heterocycles. The Morgan fingerprint density at radius 2 is 1.82 bits per heavy atom. The molecule has 94 valence electrons. The van der Waals surface area contributed by atoms with Crippen molar-refractivity contribution in [2.24, 2.45) is 5.92 Å². The Kier molecular flexibility index (Phi) is 4.55. The maximum Gasteiger partial charge on any atom is 0.123 e. The van der Waals surface area contributed by atoms with E-state index >= 15 is 0 Å². The van der Waals surface area contributed by atoms with E-state index in [9.17, 15) is 4.39 Å². The third-order valence-corrected chi connectivity index (χ3v) is 3.94. The molecule has 2 heteroatoms. The Morgan fingerprint density at radius 3 is 2.53 bits per heavy atom. The van der Waals surface area contributed by atoms with Gasteiger partial charge >= 0.3 is 0 Å². The highest BCUT2D eigenvalue weighted by Gasteiger charge is 2.22. The highest BCUT2D eigenvalue weighted by Crippen LogP contribution is 2.26. The first-order valence-corrected chi connectivity index (χ1v) is 6.71. The minimum Gasteiger partial charge on any atom is -0.317 e. The summed E-state index contributed by atoms with van der Waals surface area (Å²) in [5.41, 5.74) is 1.26. The highest BCUT2D eigenvalue weighted by atomic mass is 19.1. The fraction of sp³-hybridized carbons (Fsp3) is 0.600. The van der Waals surface area contributed by atoms with Crippen LogP contribution in [0, 0.1) is 11.7 Å². The van der Waals surface area contributed by atoms with Gasteiger partial charge in [-0.05, 0) is 49.9 Å². The van der Waals surface area contributed by atoms with Crippen molar-refractivity contribution in [2.45, 2.75) is 44.6 Å². The monoisotopic (exact) mass is 235 g/mol. The van der Waals surface area contributed by atoms with Gasteiger partial charge in [0.15, 0.2) is 0 Å². The van der Waals surface area contributed by atoms with Gasteiger partial charge in [0.2, 0.25) is 0 Å². The van der Waals surface area contributed by atoms with Gasteiger partial charge in [0.1, 0.15) is 5.82 Å². The minimum absolute atomic E-state index is 0.139. The number of hydrogen-bond acceptors (Lipinski definition) is 1. The van der Waals surface area contributed by atoms with E-state index in [0.29, 0.717) is 12.0 Å². The SMILES string of the molecule is CNC1CCCCCC1Cc1ccc(F)cc1. The zero-order valence-electron chi connectivity index (χ0n) is 10.6. The van der Waals surface area contributed by atoms with Gasteiger partial charge in [0.05, 0.1) is 0 Å². The van der Waals surface area contributed by atoms with Crippen molar-refractivity contribution in [1.82, 2.24) is 5.32 Å². The fourth-order valence-corrected chi connectivity index (χ4v) is 2.93. The molecule has 0 radical (unpaired) electrons. The molecule has 2 rings (SSSR count). The average molecular weight is 235 g/mol. The van der Waals surface area contributed by atoms with Crippen LogP contribution in [-0.4, -0.2) is 13.1 Å². The molecule has 0 spiro atoms. The van der Waals surface area contributed by atoms with Gasteiger partial charge in [0.25, 0.3) is 0 Å². The van der Waals surface area contributed by atoms with Gasteiger partial charge in [-0.2, -0.15) is 0 Å². The molecule has 17 heavy (non-hydrogen) atoms. The van der Waals surface area contributed by atoms with Crippen molar-refractivity contribution in [3.63, 3.8) is 0 Å². The maximum absolute atomic E-state index is 12.9. The molecule has 1 aromatic rings. The van der Waals surface area contributed by atoms with E-state index in [1.54, 1.807) is 12.1 Å². The molecule has 2 unspecified atom stereocenters. The lowest BCUT2D eigenvalue weighted by molar-refractivity contribution is 0.350. The van der Waals surface area contributed by atoms with E-state index in [1.807, 2.05) is 12.1 Å². The number of benzene rings is 1. The van der Waals surface area contributed by atoms with E-state index < -0.39 is 0 Å². The lowest BCUT2D eigenvalue weighted by Gasteiger charge is -2.24. The molecule has 0 saturated heterocycles. The lowest BCUT2D eigenvalue weighted by Crippen LogP contribution is -2.33. The number of hydrogen-bond donors (Lipinski definition) is 1. The molecule has 1 nitrogen and oxygen atoms in total. The smallest absolute Gasteiger partial charge is 0.123 e. The largest absolute Gasteiger partial charge is 0.317 e. The molecule has 1 aromatic carbocycles.